The summed E-state index contributed by atoms with van der Waals surface area (Å²) >= 11 is 2.29. The molecule has 0 aliphatic carbocycles. The predicted octanol–water partition coefficient (Wildman–Crippen LogP) is 3.29. The summed E-state index contributed by atoms with van der Waals surface area (Å²) in [5, 5.41) is 8.47. The van der Waals surface area contributed by atoms with E-state index in [1.54, 1.807) is 4.90 Å². The molecule has 3 rings (SSSR count). The summed E-state index contributed by atoms with van der Waals surface area (Å²) in [5.74, 6) is 0.380. The van der Waals surface area contributed by atoms with E-state index < -0.39 is 5.60 Å². The van der Waals surface area contributed by atoms with E-state index in [0.717, 1.165) is 30.5 Å². The van der Waals surface area contributed by atoms with Gasteiger partial charge in [-0.1, -0.05) is 5.21 Å². The lowest BCUT2D eigenvalue weighted by molar-refractivity contribution is 0.0287. The number of hydrogen-bond acceptors (Lipinski definition) is 4. The maximum absolute atomic E-state index is 12.1. The largest absolute Gasteiger partial charge is 0.444 e. The number of carbonyl (C=O) groups excluding carboxylic acids is 1. The smallest absolute Gasteiger partial charge is 0.410 e. The summed E-state index contributed by atoms with van der Waals surface area (Å²) in [7, 11) is 0. The maximum atomic E-state index is 12.1. The van der Waals surface area contributed by atoms with E-state index >= 15 is 0 Å². The number of hydrogen-bond donors (Lipinski definition) is 0. The van der Waals surface area contributed by atoms with Gasteiger partial charge in [0, 0.05) is 23.2 Å². The molecule has 1 atom stereocenters. The van der Waals surface area contributed by atoms with Gasteiger partial charge in [-0.15, -0.1) is 5.10 Å². The zero-order chi connectivity index (χ0) is 16.6. The minimum atomic E-state index is -0.450. The number of likely N-dealkylation sites (tertiary alicyclic amines) is 1. The highest BCUT2D eigenvalue weighted by Gasteiger charge is 2.30. The Hall–Kier alpha value is -1.38. The molecule has 1 saturated heterocycles. The molecule has 1 aromatic heterocycles. The van der Waals surface area contributed by atoms with Gasteiger partial charge in [0.25, 0.3) is 0 Å². The fourth-order valence-electron chi connectivity index (χ4n) is 2.79. The second-order valence-corrected chi connectivity index (χ2v) is 8.23. The monoisotopic (exact) mass is 428 g/mol. The Morgan fingerprint density at radius 1 is 1.43 bits per heavy atom. The molecule has 23 heavy (non-hydrogen) atoms. The minimum Gasteiger partial charge on any atom is -0.444 e. The molecule has 7 heteroatoms. The van der Waals surface area contributed by atoms with Crippen LogP contribution in [0.2, 0.25) is 0 Å². The SMILES string of the molecule is CC(C)(C)OC(=O)N1CCC(Cn2nnc3ccc(I)cc32)C1. The average molecular weight is 428 g/mol. The first-order valence-electron chi connectivity index (χ1n) is 7.78. The van der Waals surface area contributed by atoms with Crippen molar-refractivity contribution in [1.29, 1.82) is 0 Å². The second kappa shape index (κ2) is 6.26. The molecule has 1 aliphatic rings. The topological polar surface area (TPSA) is 60.2 Å². The van der Waals surface area contributed by atoms with E-state index in [0.29, 0.717) is 12.5 Å². The number of rotatable bonds is 2. The van der Waals surface area contributed by atoms with Gasteiger partial charge in [0.05, 0.1) is 5.52 Å². The van der Waals surface area contributed by atoms with Crippen LogP contribution in [0.5, 0.6) is 0 Å². The summed E-state index contributed by atoms with van der Waals surface area (Å²) < 4.78 is 8.55. The van der Waals surface area contributed by atoms with Gasteiger partial charge in [-0.3, -0.25) is 0 Å². The van der Waals surface area contributed by atoms with Gasteiger partial charge in [0.15, 0.2) is 0 Å². The van der Waals surface area contributed by atoms with Crippen molar-refractivity contribution in [3.63, 3.8) is 0 Å². The summed E-state index contributed by atoms with van der Waals surface area (Å²) in [6.07, 6.45) is 0.739. The van der Waals surface area contributed by atoms with Crippen molar-refractivity contribution in [3.8, 4) is 0 Å². The van der Waals surface area contributed by atoms with Gasteiger partial charge in [-0.25, -0.2) is 9.48 Å². The first-order chi connectivity index (χ1) is 10.8. The van der Waals surface area contributed by atoms with Crippen LogP contribution in [-0.2, 0) is 11.3 Å². The Labute approximate surface area is 149 Å². The van der Waals surface area contributed by atoms with Crippen LogP contribution in [-0.4, -0.2) is 44.7 Å². The number of fused-ring (bicyclic) bond motifs is 1. The highest BCUT2D eigenvalue weighted by atomic mass is 127. The van der Waals surface area contributed by atoms with E-state index in [4.69, 9.17) is 4.74 Å². The molecule has 2 aromatic rings. The van der Waals surface area contributed by atoms with Crippen molar-refractivity contribution in [3.05, 3.63) is 21.8 Å². The Morgan fingerprint density at radius 3 is 2.96 bits per heavy atom. The van der Waals surface area contributed by atoms with Crippen LogP contribution < -0.4 is 0 Å². The molecule has 1 unspecified atom stereocenters. The number of amides is 1. The number of ether oxygens (including phenoxy) is 1. The zero-order valence-corrected chi connectivity index (χ0v) is 15.8. The van der Waals surface area contributed by atoms with Gasteiger partial charge in [0.2, 0.25) is 0 Å². The highest BCUT2D eigenvalue weighted by molar-refractivity contribution is 14.1. The third-order valence-electron chi connectivity index (χ3n) is 3.84. The third kappa shape index (κ3) is 3.94. The Balaban J connectivity index is 1.65. The molecular weight excluding hydrogens is 407 g/mol. The summed E-state index contributed by atoms with van der Waals surface area (Å²) in [5.41, 5.74) is 1.51. The van der Waals surface area contributed by atoms with Crippen molar-refractivity contribution in [2.75, 3.05) is 13.1 Å². The van der Waals surface area contributed by atoms with E-state index in [2.05, 4.69) is 39.0 Å². The van der Waals surface area contributed by atoms with E-state index in [1.807, 2.05) is 37.6 Å². The Morgan fingerprint density at radius 2 is 2.22 bits per heavy atom. The Bertz CT molecular complexity index is 722. The van der Waals surface area contributed by atoms with E-state index in [1.165, 1.54) is 3.57 Å². The quantitative estimate of drug-likeness (QED) is 0.689. The number of nitrogens with zero attached hydrogens (tertiary/aromatic N) is 4. The van der Waals surface area contributed by atoms with Crippen LogP contribution in [0.4, 0.5) is 4.79 Å². The number of benzene rings is 1. The molecule has 6 nitrogen and oxygen atoms in total. The molecule has 2 heterocycles. The molecule has 0 bridgehead atoms. The molecule has 1 amide bonds. The van der Waals surface area contributed by atoms with Crippen LogP contribution in [0.1, 0.15) is 27.2 Å². The van der Waals surface area contributed by atoms with Gasteiger partial charge >= 0.3 is 6.09 Å². The van der Waals surface area contributed by atoms with Crippen LogP contribution in [0.3, 0.4) is 0 Å². The molecule has 0 spiro atoms. The fraction of sp³-hybridized carbons (Fsp3) is 0.562. The molecule has 0 radical (unpaired) electrons. The Kier molecular flexibility index (Phi) is 4.48. The first-order valence-corrected chi connectivity index (χ1v) is 8.86. The van der Waals surface area contributed by atoms with E-state index in [9.17, 15) is 4.79 Å². The molecule has 0 saturated carbocycles. The number of aromatic nitrogens is 3. The van der Waals surface area contributed by atoms with Gasteiger partial charge in [0.1, 0.15) is 11.1 Å². The molecule has 1 fully saturated rings. The molecule has 0 N–H and O–H groups in total. The van der Waals surface area contributed by atoms with Gasteiger partial charge in [-0.05, 0) is 73.9 Å². The van der Waals surface area contributed by atoms with E-state index in [-0.39, 0.29) is 6.09 Å². The lowest BCUT2D eigenvalue weighted by Crippen LogP contribution is -2.35. The highest BCUT2D eigenvalue weighted by Crippen LogP contribution is 2.23. The molecule has 1 aromatic carbocycles. The first kappa shape index (κ1) is 16.5. The molecule has 124 valence electrons. The average Bonchev–Trinajstić information content (AvgIpc) is 3.05. The normalized spacial score (nSPS) is 18.6. The van der Waals surface area contributed by atoms with Gasteiger partial charge < -0.3 is 9.64 Å². The zero-order valence-electron chi connectivity index (χ0n) is 13.6. The maximum Gasteiger partial charge on any atom is 0.410 e. The standard InChI is InChI=1S/C16H21IN4O2/c1-16(2,3)23-15(22)20-7-6-11(9-20)10-21-14-8-12(17)4-5-13(14)18-19-21/h4-5,8,11H,6-7,9-10H2,1-3H3. The lowest BCUT2D eigenvalue weighted by Gasteiger charge is -2.24. The fourth-order valence-corrected chi connectivity index (χ4v) is 3.27. The third-order valence-corrected chi connectivity index (χ3v) is 4.52. The van der Waals surface area contributed by atoms with Crippen LogP contribution in [0, 0.1) is 9.49 Å². The predicted molar refractivity (Wildman–Crippen MR) is 96.2 cm³/mol. The van der Waals surface area contributed by atoms with Crippen molar-refractivity contribution in [2.45, 2.75) is 39.3 Å². The molecular formula is C16H21IN4O2. The van der Waals surface area contributed by atoms with Crippen molar-refractivity contribution < 1.29 is 9.53 Å². The second-order valence-electron chi connectivity index (χ2n) is 6.99. The molecule has 1 aliphatic heterocycles. The number of halogens is 1. The van der Waals surface area contributed by atoms with Gasteiger partial charge in [-0.2, -0.15) is 0 Å². The van der Waals surface area contributed by atoms with Crippen LogP contribution in [0.25, 0.3) is 11.0 Å². The lowest BCUT2D eigenvalue weighted by atomic mass is 10.1. The number of carbonyl (C=O) groups is 1. The summed E-state index contributed by atoms with van der Waals surface area (Å²) in [4.78, 5) is 13.9. The summed E-state index contributed by atoms with van der Waals surface area (Å²) in [6, 6.07) is 6.11. The van der Waals surface area contributed by atoms with Crippen molar-refractivity contribution >= 4 is 39.7 Å². The van der Waals surface area contributed by atoms with Crippen molar-refractivity contribution in [2.24, 2.45) is 5.92 Å². The summed E-state index contributed by atoms with van der Waals surface area (Å²) in [6.45, 7) is 7.89. The minimum absolute atomic E-state index is 0.224. The van der Waals surface area contributed by atoms with Crippen molar-refractivity contribution in [1.82, 2.24) is 19.9 Å². The van der Waals surface area contributed by atoms with Crippen LogP contribution in [0.15, 0.2) is 18.2 Å². The van der Waals surface area contributed by atoms with Crippen LogP contribution >= 0.6 is 22.6 Å².